The van der Waals surface area contributed by atoms with E-state index in [9.17, 15) is 10.2 Å². The maximum Gasteiger partial charge on any atom is 0.0924 e. The predicted octanol–water partition coefficient (Wildman–Crippen LogP) is 4.15. The van der Waals surface area contributed by atoms with Crippen LogP contribution in [0, 0.1) is 5.92 Å². The van der Waals surface area contributed by atoms with Gasteiger partial charge in [0, 0.05) is 6.42 Å². The Morgan fingerprint density at radius 2 is 1.81 bits per heavy atom. The first-order valence-corrected chi connectivity index (χ1v) is 9.98. The summed E-state index contributed by atoms with van der Waals surface area (Å²) in [5.41, 5.74) is -0.621. The first-order chi connectivity index (χ1) is 12.0. The van der Waals surface area contributed by atoms with Gasteiger partial charge in [-0.3, -0.25) is 0 Å². The molecule has 0 unspecified atom stereocenters. The van der Waals surface area contributed by atoms with Gasteiger partial charge in [0.1, 0.15) is 0 Å². The number of hydrogen-bond donors (Lipinski definition) is 2. The second-order valence-electron chi connectivity index (χ2n) is 9.20. The first-order valence-electron chi connectivity index (χ1n) is 9.98. The highest BCUT2D eigenvalue weighted by atomic mass is 16.5. The Hall–Kier alpha value is -0.680. The van der Waals surface area contributed by atoms with Gasteiger partial charge in [-0.2, -0.15) is 0 Å². The summed E-state index contributed by atoms with van der Waals surface area (Å²) in [6.45, 7) is 17.9. The van der Waals surface area contributed by atoms with E-state index in [4.69, 9.17) is 9.47 Å². The summed E-state index contributed by atoms with van der Waals surface area (Å²) in [4.78, 5) is 0. The topological polar surface area (TPSA) is 58.9 Å². The zero-order valence-corrected chi connectivity index (χ0v) is 17.3. The molecule has 4 heteroatoms. The molecule has 0 aromatic heterocycles. The van der Waals surface area contributed by atoms with E-state index in [0.29, 0.717) is 12.8 Å². The van der Waals surface area contributed by atoms with E-state index in [1.165, 1.54) is 0 Å². The molecule has 2 fully saturated rings. The van der Waals surface area contributed by atoms with Crippen molar-refractivity contribution in [1.82, 2.24) is 0 Å². The third-order valence-corrected chi connectivity index (χ3v) is 6.74. The lowest BCUT2D eigenvalue weighted by Gasteiger charge is -2.42. The van der Waals surface area contributed by atoms with Crippen LogP contribution in [-0.4, -0.2) is 45.3 Å². The molecule has 0 aromatic rings. The van der Waals surface area contributed by atoms with Crippen LogP contribution in [-0.2, 0) is 9.47 Å². The lowest BCUT2D eigenvalue weighted by molar-refractivity contribution is -0.188. The molecular weight excluding hydrogens is 328 g/mol. The molecule has 2 aliphatic rings. The van der Waals surface area contributed by atoms with Gasteiger partial charge in [-0.1, -0.05) is 32.1 Å². The highest BCUT2D eigenvalue weighted by Crippen LogP contribution is 2.49. The number of hydrogen-bond acceptors (Lipinski definition) is 4. The van der Waals surface area contributed by atoms with Gasteiger partial charge < -0.3 is 19.7 Å². The molecule has 0 aliphatic carbocycles. The van der Waals surface area contributed by atoms with Crippen LogP contribution in [0.15, 0.2) is 24.8 Å². The second-order valence-corrected chi connectivity index (χ2v) is 9.20. The summed E-state index contributed by atoms with van der Waals surface area (Å²) < 4.78 is 12.7. The summed E-state index contributed by atoms with van der Waals surface area (Å²) in [5.74, 6) is 0.233. The van der Waals surface area contributed by atoms with Crippen molar-refractivity contribution < 1.29 is 19.7 Å². The van der Waals surface area contributed by atoms with E-state index in [0.717, 1.165) is 31.3 Å². The Kier molecular flexibility index (Phi) is 6.44. The fourth-order valence-electron chi connectivity index (χ4n) is 4.45. The monoisotopic (exact) mass is 366 g/mol. The van der Waals surface area contributed by atoms with E-state index >= 15 is 0 Å². The molecule has 0 radical (unpaired) electrons. The van der Waals surface area contributed by atoms with Crippen molar-refractivity contribution in [3.63, 3.8) is 0 Å². The standard InChI is InChI=1S/C22H38O4/c1-8-9-18(23)21(7)12-13-22(26-21,16(4)5)14-19(24)20(6)11-10-17(25-20)15(2)3/h8,16-19,23-24H,1-2,9-14H2,3-7H3/t17-,18+,19-,20+,21-,22+/m1/s1. The maximum absolute atomic E-state index is 11.1. The SMILES string of the molecule is C=CC[C@H](O)[C@@]1(C)CC[C@](C[C@@H](O)[C@]2(C)CC[C@H](C(=C)C)O2)(C(C)C)O1. The van der Waals surface area contributed by atoms with Crippen LogP contribution in [0.3, 0.4) is 0 Å². The summed E-state index contributed by atoms with van der Waals surface area (Å²) >= 11 is 0. The smallest absolute Gasteiger partial charge is 0.0924 e. The number of ether oxygens (including phenoxy) is 2. The zero-order chi connectivity index (χ0) is 19.8. The predicted molar refractivity (Wildman–Crippen MR) is 105 cm³/mol. The molecule has 2 saturated heterocycles. The van der Waals surface area contributed by atoms with Crippen molar-refractivity contribution in [2.45, 2.75) is 108 Å². The van der Waals surface area contributed by atoms with Crippen molar-refractivity contribution in [1.29, 1.82) is 0 Å². The highest BCUT2D eigenvalue weighted by Gasteiger charge is 2.54. The van der Waals surface area contributed by atoms with Gasteiger partial charge in [-0.05, 0) is 58.8 Å². The van der Waals surface area contributed by atoms with Crippen molar-refractivity contribution in [3.8, 4) is 0 Å². The molecule has 2 aliphatic heterocycles. The molecule has 4 nitrogen and oxygen atoms in total. The Labute approximate surface area is 159 Å². The van der Waals surface area contributed by atoms with Crippen LogP contribution in [0.5, 0.6) is 0 Å². The fourth-order valence-corrected chi connectivity index (χ4v) is 4.45. The average molecular weight is 367 g/mol. The van der Waals surface area contributed by atoms with Crippen molar-refractivity contribution in [3.05, 3.63) is 24.8 Å². The van der Waals surface area contributed by atoms with E-state index in [2.05, 4.69) is 27.0 Å². The average Bonchev–Trinajstić information content (AvgIpc) is 3.12. The van der Waals surface area contributed by atoms with Crippen molar-refractivity contribution in [2.75, 3.05) is 0 Å². The number of aliphatic hydroxyl groups is 2. The second kappa shape index (κ2) is 7.75. The van der Waals surface area contributed by atoms with Gasteiger partial charge in [0.15, 0.2) is 0 Å². The molecule has 2 rings (SSSR count). The van der Waals surface area contributed by atoms with Crippen LogP contribution >= 0.6 is 0 Å². The summed E-state index contributed by atoms with van der Waals surface area (Å²) in [6, 6.07) is 0. The van der Waals surface area contributed by atoms with E-state index in [-0.39, 0.29) is 12.0 Å². The molecule has 150 valence electrons. The quantitative estimate of drug-likeness (QED) is 0.634. The molecule has 0 spiro atoms. The molecule has 2 N–H and O–H groups in total. The third-order valence-electron chi connectivity index (χ3n) is 6.74. The Morgan fingerprint density at radius 1 is 1.15 bits per heavy atom. The van der Waals surface area contributed by atoms with Gasteiger partial charge in [0.25, 0.3) is 0 Å². The molecule has 0 aromatic carbocycles. The molecular formula is C22H38O4. The largest absolute Gasteiger partial charge is 0.390 e. The van der Waals surface area contributed by atoms with Crippen LogP contribution in [0.4, 0.5) is 0 Å². The minimum Gasteiger partial charge on any atom is -0.390 e. The third kappa shape index (κ3) is 4.09. The van der Waals surface area contributed by atoms with E-state index < -0.39 is 29.0 Å². The lowest BCUT2D eigenvalue weighted by atomic mass is 9.78. The molecule has 6 atom stereocenters. The van der Waals surface area contributed by atoms with Crippen LogP contribution in [0.25, 0.3) is 0 Å². The molecule has 2 heterocycles. The van der Waals surface area contributed by atoms with Gasteiger partial charge in [-0.25, -0.2) is 0 Å². The Morgan fingerprint density at radius 3 is 2.31 bits per heavy atom. The fraction of sp³-hybridized carbons (Fsp3) is 0.818. The zero-order valence-electron chi connectivity index (χ0n) is 17.3. The summed E-state index contributed by atoms with van der Waals surface area (Å²) in [7, 11) is 0. The minimum atomic E-state index is -0.617. The Balaban J connectivity index is 2.14. The Bertz CT molecular complexity index is 530. The summed E-state index contributed by atoms with van der Waals surface area (Å²) in [6.07, 6.45) is 4.89. The van der Waals surface area contributed by atoms with Gasteiger partial charge in [-0.15, -0.1) is 6.58 Å². The first kappa shape index (κ1) is 21.6. The maximum atomic E-state index is 11.1. The van der Waals surface area contributed by atoms with Crippen molar-refractivity contribution >= 4 is 0 Å². The van der Waals surface area contributed by atoms with Crippen LogP contribution < -0.4 is 0 Å². The molecule has 0 saturated carbocycles. The van der Waals surface area contributed by atoms with E-state index in [1.807, 2.05) is 20.8 Å². The molecule has 0 bridgehead atoms. The van der Waals surface area contributed by atoms with Gasteiger partial charge >= 0.3 is 0 Å². The lowest BCUT2D eigenvalue weighted by Crippen LogP contribution is -2.50. The van der Waals surface area contributed by atoms with Gasteiger partial charge in [0.2, 0.25) is 0 Å². The molecule has 0 amide bonds. The minimum absolute atomic E-state index is 0.0221. The highest BCUT2D eigenvalue weighted by molar-refractivity contribution is 5.08. The summed E-state index contributed by atoms with van der Waals surface area (Å²) in [5, 5.41) is 21.6. The normalized spacial score (nSPS) is 39.9. The number of rotatable bonds is 8. The molecule has 26 heavy (non-hydrogen) atoms. The van der Waals surface area contributed by atoms with Crippen LogP contribution in [0.2, 0.25) is 0 Å². The van der Waals surface area contributed by atoms with Gasteiger partial charge in [0.05, 0.1) is 35.1 Å². The number of aliphatic hydroxyl groups excluding tert-OH is 2. The van der Waals surface area contributed by atoms with E-state index in [1.54, 1.807) is 6.08 Å². The van der Waals surface area contributed by atoms with Crippen LogP contribution in [0.1, 0.15) is 73.1 Å². The van der Waals surface area contributed by atoms with Crippen molar-refractivity contribution in [2.24, 2.45) is 5.92 Å².